The van der Waals surface area contributed by atoms with Gasteiger partial charge in [-0.05, 0) is 12.1 Å². The number of hydrazone groups is 1. The van der Waals surface area contributed by atoms with Crippen molar-refractivity contribution in [2.45, 2.75) is 19.8 Å². The molecule has 9 nitrogen and oxygen atoms in total. The van der Waals surface area contributed by atoms with Crippen LogP contribution in [-0.4, -0.2) is 46.4 Å². The van der Waals surface area contributed by atoms with E-state index in [2.05, 4.69) is 22.1 Å². The van der Waals surface area contributed by atoms with Gasteiger partial charge in [-0.15, -0.1) is 6.58 Å². The number of aldehydes is 1. The molecule has 0 aromatic carbocycles. The van der Waals surface area contributed by atoms with Gasteiger partial charge in [-0.1, -0.05) is 18.1 Å². The second-order valence-corrected chi connectivity index (χ2v) is 4.57. The van der Waals surface area contributed by atoms with Crippen molar-refractivity contribution >= 4 is 29.8 Å². The molecule has 9 heteroatoms. The van der Waals surface area contributed by atoms with Gasteiger partial charge < -0.3 is 15.1 Å². The Morgan fingerprint density at radius 1 is 1.52 bits per heavy atom. The van der Waals surface area contributed by atoms with Crippen molar-refractivity contribution in [2.75, 3.05) is 6.54 Å². The van der Waals surface area contributed by atoms with Crippen molar-refractivity contribution < 1.29 is 24.0 Å². The summed E-state index contributed by atoms with van der Waals surface area (Å²) >= 11 is 0. The van der Waals surface area contributed by atoms with E-state index < -0.39 is 17.8 Å². The van der Waals surface area contributed by atoms with E-state index in [-0.39, 0.29) is 17.7 Å². The van der Waals surface area contributed by atoms with E-state index in [1.807, 2.05) is 6.92 Å². The number of amides is 2. The van der Waals surface area contributed by atoms with Crippen molar-refractivity contribution in [2.24, 2.45) is 5.10 Å². The SMILES string of the molecule is C=CCNN=C1CC(=O)N(OC(=O)c2cccnc2)C1=O.CCC=O. The third-order valence-electron chi connectivity index (χ3n) is 2.66. The summed E-state index contributed by atoms with van der Waals surface area (Å²) in [5.74, 6) is -2.27. The number of aromatic nitrogens is 1. The Hall–Kier alpha value is -3.36. The average Bonchev–Trinajstić information content (AvgIpc) is 2.90. The maximum atomic E-state index is 11.9. The van der Waals surface area contributed by atoms with Crippen molar-refractivity contribution in [1.29, 1.82) is 0 Å². The standard InChI is InChI=1S/C13H12N4O4.C3H6O/c1-2-5-15-16-10-7-11(18)17(12(10)19)21-13(20)9-4-3-6-14-8-9;1-2-3-4/h2-4,6,8,15H,1,5,7H2;3H,2H2,1H3. The summed E-state index contributed by atoms with van der Waals surface area (Å²) in [5.41, 5.74) is 2.66. The molecule has 1 saturated heterocycles. The van der Waals surface area contributed by atoms with Crippen molar-refractivity contribution in [1.82, 2.24) is 15.5 Å². The van der Waals surface area contributed by atoms with Gasteiger partial charge in [0.1, 0.15) is 12.0 Å². The zero-order valence-electron chi connectivity index (χ0n) is 13.7. The van der Waals surface area contributed by atoms with Gasteiger partial charge in [-0.3, -0.25) is 14.6 Å². The highest BCUT2D eigenvalue weighted by Crippen LogP contribution is 2.12. The molecule has 0 spiro atoms. The molecule has 2 heterocycles. The minimum absolute atomic E-state index is 0.0270. The van der Waals surface area contributed by atoms with Gasteiger partial charge in [0, 0.05) is 18.8 Å². The maximum absolute atomic E-state index is 11.9. The largest absolute Gasteiger partial charge is 0.365 e. The Morgan fingerprint density at radius 3 is 2.80 bits per heavy atom. The van der Waals surface area contributed by atoms with Crippen LogP contribution in [0.25, 0.3) is 0 Å². The van der Waals surface area contributed by atoms with Gasteiger partial charge in [-0.25, -0.2) is 4.79 Å². The fourth-order valence-corrected chi connectivity index (χ4v) is 1.53. The molecule has 1 aliphatic heterocycles. The highest BCUT2D eigenvalue weighted by molar-refractivity contribution is 6.48. The molecule has 0 aliphatic carbocycles. The Balaban J connectivity index is 0.000000705. The van der Waals surface area contributed by atoms with Gasteiger partial charge in [0.25, 0.3) is 5.91 Å². The second-order valence-electron chi connectivity index (χ2n) is 4.57. The van der Waals surface area contributed by atoms with E-state index in [0.717, 1.165) is 6.29 Å². The quantitative estimate of drug-likeness (QED) is 0.264. The molecular formula is C16H18N4O5. The van der Waals surface area contributed by atoms with E-state index in [4.69, 9.17) is 4.84 Å². The van der Waals surface area contributed by atoms with Crippen LogP contribution in [0, 0.1) is 0 Å². The smallest absolute Gasteiger partial charge is 0.324 e. The fraction of sp³-hybridized carbons (Fsp3) is 0.250. The molecule has 1 N–H and O–H groups in total. The second kappa shape index (κ2) is 10.4. The van der Waals surface area contributed by atoms with Crippen LogP contribution in [0.4, 0.5) is 0 Å². The number of rotatable bonds is 6. The molecule has 1 fully saturated rings. The highest BCUT2D eigenvalue weighted by Gasteiger charge is 2.39. The number of hydrogen-bond acceptors (Lipinski definition) is 8. The number of imide groups is 1. The first-order valence-corrected chi connectivity index (χ1v) is 7.38. The maximum Gasteiger partial charge on any atom is 0.365 e. The summed E-state index contributed by atoms with van der Waals surface area (Å²) in [4.78, 5) is 53.1. The van der Waals surface area contributed by atoms with Crippen LogP contribution in [-0.2, 0) is 19.2 Å². The normalized spacial score (nSPS) is 14.6. The highest BCUT2D eigenvalue weighted by atomic mass is 16.7. The van der Waals surface area contributed by atoms with Crippen LogP contribution in [0.2, 0.25) is 0 Å². The van der Waals surface area contributed by atoms with Crippen molar-refractivity contribution in [3.8, 4) is 0 Å². The zero-order chi connectivity index (χ0) is 18.7. The number of pyridine rings is 1. The minimum atomic E-state index is -0.842. The third-order valence-corrected chi connectivity index (χ3v) is 2.66. The lowest BCUT2D eigenvalue weighted by molar-refractivity contribution is -0.171. The Labute approximate surface area is 144 Å². The fourth-order valence-electron chi connectivity index (χ4n) is 1.53. The molecule has 0 saturated carbocycles. The molecule has 0 radical (unpaired) electrons. The first-order chi connectivity index (χ1) is 12.0. The van der Waals surface area contributed by atoms with Crippen molar-refractivity contribution in [3.05, 3.63) is 42.7 Å². The first-order valence-electron chi connectivity index (χ1n) is 7.38. The molecular weight excluding hydrogens is 328 g/mol. The zero-order valence-corrected chi connectivity index (χ0v) is 13.7. The molecule has 1 aromatic rings. The molecule has 1 aliphatic rings. The lowest BCUT2D eigenvalue weighted by atomic mass is 10.3. The van der Waals surface area contributed by atoms with Crippen LogP contribution in [0.3, 0.4) is 0 Å². The molecule has 2 amide bonds. The molecule has 2 rings (SSSR count). The third kappa shape index (κ3) is 5.98. The van der Waals surface area contributed by atoms with E-state index in [0.29, 0.717) is 18.0 Å². The number of nitrogens with zero attached hydrogens (tertiary/aromatic N) is 3. The lowest BCUT2D eigenvalue weighted by Crippen LogP contribution is -2.33. The Kier molecular flexibility index (Phi) is 8.21. The predicted molar refractivity (Wildman–Crippen MR) is 88.1 cm³/mol. The van der Waals surface area contributed by atoms with Gasteiger partial charge in [0.05, 0.1) is 18.5 Å². The van der Waals surface area contributed by atoms with E-state index >= 15 is 0 Å². The summed E-state index contributed by atoms with van der Waals surface area (Å²) in [6, 6.07) is 3.00. The van der Waals surface area contributed by atoms with Gasteiger partial charge in [0.15, 0.2) is 0 Å². The number of carbonyl (C=O) groups is 4. The van der Waals surface area contributed by atoms with Gasteiger partial charge >= 0.3 is 11.9 Å². The Bertz CT molecular complexity index is 672. The van der Waals surface area contributed by atoms with E-state index in [1.165, 1.54) is 24.5 Å². The van der Waals surface area contributed by atoms with Crippen LogP contribution in [0.15, 0.2) is 42.3 Å². The minimum Gasteiger partial charge on any atom is -0.324 e. The van der Waals surface area contributed by atoms with Crippen LogP contribution >= 0.6 is 0 Å². The molecule has 0 unspecified atom stereocenters. The molecule has 0 bridgehead atoms. The van der Waals surface area contributed by atoms with Gasteiger partial charge in [0.2, 0.25) is 0 Å². The summed E-state index contributed by atoms with van der Waals surface area (Å²) in [5, 5.41) is 4.16. The number of hydrogen-bond donors (Lipinski definition) is 1. The summed E-state index contributed by atoms with van der Waals surface area (Å²) in [6.07, 6.45) is 5.59. The molecule has 0 atom stereocenters. The topological polar surface area (TPSA) is 118 Å². The summed E-state index contributed by atoms with van der Waals surface area (Å²) in [6.45, 7) is 5.64. The average molecular weight is 346 g/mol. The van der Waals surface area contributed by atoms with Crippen LogP contribution in [0.5, 0.6) is 0 Å². The van der Waals surface area contributed by atoms with Crippen molar-refractivity contribution in [3.63, 3.8) is 0 Å². The number of carbonyl (C=O) groups excluding carboxylic acids is 4. The predicted octanol–water partition coefficient (Wildman–Crippen LogP) is 0.639. The number of hydroxylamine groups is 2. The Morgan fingerprint density at radius 2 is 2.24 bits per heavy atom. The van der Waals surface area contributed by atoms with Crippen LogP contribution in [0.1, 0.15) is 30.1 Å². The number of nitrogens with one attached hydrogen (secondary N) is 1. The summed E-state index contributed by atoms with van der Waals surface area (Å²) < 4.78 is 0. The van der Waals surface area contributed by atoms with Crippen LogP contribution < -0.4 is 5.43 Å². The monoisotopic (exact) mass is 346 g/mol. The molecule has 132 valence electrons. The van der Waals surface area contributed by atoms with Gasteiger partial charge in [-0.2, -0.15) is 5.10 Å². The lowest BCUT2D eigenvalue weighted by Gasteiger charge is -2.11. The molecule has 1 aromatic heterocycles. The molecule has 25 heavy (non-hydrogen) atoms. The van der Waals surface area contributed by atoms with E-state index in [1.54, 1.807) is 6.08 Å². The first kappa shape index (κ1) is 19.7. The van der Waals surface area contributed by atoms with E-state index in [9.17, 15) is 19.2 Å². The summed E-state index contributed by atoms with van der Waals surface area (Å²) in [7, 11) is 0.